The summed E-state index contributed by atoms with van der Waals surface area (Å²) in [6, 6.07) is 4.70. The smallest absolute Gasteiger partial charge is 0.339 e. The minimum Gasteiger partial charge on any atom is -0.483 e. The van der Waals surface area contributed by atoms with Gasteiger partial charge in [0.2, 0.25) is 0 Å². The predicted molar refractivity (Wildman–Crippen MR) is 78.4 cm³/mol. The normalized spacial score (nSPS) is 11.4. The third kappa shape index (κ3) is 3.81. The average Bonchev–Trinajstić information content (AvgIpc) is 2.84. The van der Waals surface area contributed by atoms with Crippen molar-refractivity contribution < 1.29 is 19.2 Å². The van der Waals surface area contributed by atoms with Crippen molar-refractivity contribution in [1.82, 2.24) is 10.1 Å². The van der Waals surface area contributed by atoms with Crippen LogP contribution in [-0.2, 0) is 12.0 Å². The average molecular weight is 355 g/mol. The fourth-order valence-corrected chi connectivity index (χ4v) is 1.89. The lowest BCUT2D eigenvalue weighted by Gasteiger charge is -2.11. The van der Waals surface area contributed by atoms with E-state index in [1.165, 1.54) is 6.07 Å². The molecule has 1 aromatic carbocycles. The zero-order chi connectivity index (χ0) is 15.6. The van der Waals surface area contributed by atoms with Gasteiger partial charge in [0.25, 0.3) is 5.89 Å². The van der Waals surface area contributed by atoms with Crippen LogP contribution in [0.15, 0.2) is 27.2 Å². The molecule has 112 valence electrons. The molecule has 7 heteroatoms. The maximum atomic E-state index is 11.1. The molecular formula is C14H15BrN2O4. The van der Waals surface area contributed by atoms with Gasteiger partial charge in [-0.1, -0.05) is 41.9 Å². The van der Waals surface area contributed by atoms with E-state index in [4.69, 9.17) is 14.4 Å². The summed E-state index contributed by atoms with van der Waals surface area (Å²) < 4.78 is 11.3. The number of carboxylic acid groups (broad SMARTS) is 1. The van der Waals surface area contributed by atoms with E-state index in [0.29, 0.717) is 11.7 Å². The van der Waals surface area contributed by atoms with Gasteiger partial charge in [0.05, 0.1) is 0 Å². The Bertz CT molecular complexity index is 661. The Kier molecular flexibility index (Phi) is 4.32. The molecule has 21 heavy (non-hydrogen) atoms. The second-order valence-electron chi connectivity index (χ2n) is 5.50. The van der Waals surface area contributed by atoms with Crippen LogP contribution in [0, 0.1) is 0 Å². The molecule has 2 aromatic rings. The van der Waals surface area contributed by atoms with E-state index in [1.807, 2.05) is 20.8 Å². The molecule has 1 N–H and O–H groups in total. The first kappa shape index (κ1) is 15.5. The summed E-state index contributed by atoms with van der Waals surface area (Å²) >= 11 is 3.28. The van der Waals surface area contributed by atoms with E-state index in [0.717, 1.165) is 4.47 Å². The predicted octanol–water partition coefficient (Wildman–Crippen LogP) is 3.41. The highest BCUT2D eigenvalue weighted by atomic mass is 79.9. The Balaban J connectivity index is 2.15. The zero-order valence-electron chi connectivity index (χ0n) is 11.9. The van der Waals surface area contributed by atoms with Crippen molar-refractivity contribution in [2.45, 2.75) is 32.8 Å². The standard InChI is InChI=1S/C14H15BrN2O4/c1-14(2,3)13-16-11(21-17-13)7-20-10-6-8(15)4-5-9(10)12(18)19/h4-6H,7H2,1-3H3,(H,18,19). The van der Waals surface area contributed by atoms with Crippen LogP contribution in [0.2, 0.25) is 0 Å². The number of ether oxygens (including phenoxy) is 1. The second-order valence-corrected chi connectivity index (χ2v) is 6.41. The highest BCUT2D eigenvalue weighted by molar-refractivity contribution is 9.10. The minimum absolute atomic E-state index is 0.0137. The van der Waals surface area contributed by atoms with E-state index in [1.54, 1.807) is 12.1 Å². The molecule has 0 amide bonds. The van der Waals surface area contributed by atoms with Crippen LogP contribution in [0.25, 0.3) is 0 Å². The minimum atomic E-state index is -1.06. The molecule has 0 aliphatic heterocycles. The first-order chi connectivity index (χ1) is 9.77. The Morgan fingerprint density at radius 1 is 1.43 bits per heavy atom. The van der Waals surface area contributed by atoms with Crippen molar-refractivity contribution in [2.24, 2.45) is 0 Å². The fourth-order valence-electron chi connectivity index (χ4n) is 1.55. The zero-order valence-corrected chi connectivity index (χ0v) is 13.5. The molecule has 2 rings (SSSR count). The Hall–Kier alpha value is -1.89. The van der Waals surface area contributed by atoms with Gasteiger partial charge in [-0.2, -0.15) is 4.98 Å². The number of aromatic carboxylic acids is 1. The van der Waals surface area contributed by atoms with Gasteiger partial charge in [-0.3, -0.25) is 0 Å². The molecule has 0 radical (unpaired) electrons. The molecule has 0 saturated heterocycles. The largest absolute Gasteiger partial charge is 0.483 e. The molecule has 0 bridgehead atoms. The Morgan fingerprint density at radius 2 is 2.14 bits per heavy atom. The first-order valence-electron chi connectivity index (χ1n) is 6.26. The van der Waals surface area contributed by atoms with Gasteiger partial charge < -0.3 is 14.4 Å². The van der Waals surface area contributed by atoms with Crippen molar-refractivity contribution in [3.63, 3.8) is 0 Å². The summed E-state index contributed by atoms with van der Waals surface area (Å²) in [6.07, 6.45) is 0. The summed E-state index contributed by atoms with van der Waals surface area (Å²) in [7, 11) is 0. The first-order valence-corrected chi connectivity index (χ1v) is 7.05. The molecule has 0 aliphatic rings. The van der Waals surface area contributed by atoms with Gasteiger partial charge in [-0.25, -0.2) is 4.79 Å². The van der Waals surface area contributed by atoms with Gasteiger partial charge in [0.15, 0.2) is 12.4 Å². The third-order valence-electron chi connectivity index (χ3n) is 2.66. The molecule has 0 fully saturated rings. The number of carboxylic acids is 1. The topological polar surface area (TPSA) is 85.5 Å². The third-order valence-corrected chi connectivity index (χ3v) is 3.16. The maximum absolute atomic E-state index is 11.1. The van der Waals surface area contributed by atoms with Crippen LogP contribution >= 0.6 is 15.9 Å². The fraction of sp³-hybridized carbons (Fsp3) is 0.357. The molecule has 6 nitrogen and oxygen atoms in total. The monoisotopic (exact) mass is 354 g/mol. The molecule has 0 aliphatic carbocycles. The number of aromatic nitrogens is 2. The second kappa shape index (κ2) is 5.85. The Labute approximate surface area is 130 Å². The molecule has 0 unspecified atom stereocenters. The summed E-state index contributed by atoms with van der Waals surface area (Å²) in [5.74, 6) is 0.0656. The number of rotatable bonds is 4. The van der Waals surface area contributed by atoms with Crippen molar-refractivity contribution in [3.05, 3.63) is 40.0 Å². The van der Waals surface area contributed by atoms with Gasteiger partial charge in [-0.15, -0.1) is 0 Å². The summed E-state index contributed by atoms with van der Waals surface area (Å²) in [5, 5.41) is 13.0. The number of hydrogen-bond donors (Lipinski definition) is 1. The lowest BCUT2D eigenvalue weighted by atomic mass is 9.96. The van der Waals surface area contributed by atoms with E-state index < -0.39 is 5.97 Å². The van der Waals surface area contributed by atoms with Gasteiger partial charge in [0, 0.05) is 9.89 Å². The van der Waals surface area contributed by atoms with Gasteiger partial charge in [-0.05, 0) is 18.2 Å². The number of hydrogen-bond acceptors (Lipinski definition) is 5. The highest BCUT2D eigenvalue weighted by Gasteiger charge is 2.21. The number of carbonyl (C=O) groups is 1. The molecule has 0 spiro atoms. The summed E-state index contributed by atoms with van der Waals surface area (Å²) in [6.45, 7) is 5.93. The molecule has 1 aromatic heterocycles. The highest BCUT2D eigenvalue weighted by Crippen LogP contribution is 2.25. The van der Waals surface area contributed by atoms with Crippen LogP contribution in [0.3, 0.4) is 0 Å². The van der Waals surface area contributed by atoms with E-state index in [-0.39, 0.29) is 23.3 Å². The summed E-state index contributed by atoms with van der Waals surface area (Å²) in [5.41, 5.74) is -0.141. The van der Waals surface area contributed by atoms with Gasteiger partial charge >= 0.3 is 5.97 Å². The Morgan fingerprint density at radius 3 is 2.71 bits per heavy atom. The molecule has 1 heterocycles. The molecule has 0 atom stereocenters. The van der Waals surface area contributed by atoms with Crippen molar-refractivity contribution >= 4 is 21.9 Å². The lowest BCUT2D eigenvalue weighted by molar-refractivity contribution is 0.0691. The van der Waals surface area contributed by atoms with Crippen LogP contribution < -0.4 is 4.74 Å². The molecule has 0 saturated carbocycles. The maximum Gasteiger partial charge on any atom is 0.339 e. The van der Waals surface area contributed by atoms with Crippen LogP contribution in [-0.4, -0.2) is 21.2 Å². The lowest BCUT2D eigenvalue weighted by Crippen LogP contribution is -2.13. The van der Waals surface area contributed by atoms with Crippen LogP contribution in [0.5, 0.6) is 5.75 Å². The number of benzene rings is 1. The number of nitrogens with zero attached hydrogens (tertiary/aromatic N) is 2. The summed E-state index contributed by atoms with van der Waals surface area (Å²) in [4.78, 5) is 15.4. The van der Waals surface area contributed by atoms with Crippen LogP contribution in [0.4, 0.5) is 0 Å². The quantitative estimate of drug-likeness (QED) is 0.905. The van der Waals surface area contributed by atoms with E-state index >= 15 is 0 Å². The molecular weight excluding hydrogens is 340 g/mol. The van der Waals surface area contributed by atoms with Crippen molar-refractivity contribution in [1.29, 1.82) is 0 Å². The number of halogens is 1. The van der Waals surface area contributed by atoms with Crippen LogP contribution in [0.1, 0.15) is 42.8 Å². The van der Waals surface area contributed by atoms with Gasteiger partial charge in [0.1, 0.15) is 11.3 Å². The van der Waals surface area contributed by atoms with E-state index in [9.17, 15) is 4.79 Å². The van der Waals surface area contributed by atoms with Crippen molar-refractivity contribution in [2.75, 3.05) is 0 Å². The van der Waals surface area contributed by atoms with Crippen molar-refractivity contribution in [3.8, 4) is 5.75 Å². The van der Waals surface area contributed by atoms with E-state index in [2.05, 4.69) is 26.1 Å². The SMILES string of the molecule is CC(C)(C)c1noc(COc2cc(Br)ccc2C(=O)O)n1.